The molecule has 4 atom stereocenters. The molecule has 0 N–H and O–H groups in total. The normalized spacial score (nSPS) is 32.5. The van der Waals surface area contributed by atoms with Crippen LogP contribution < -0.4 is 0 Å². The van der Waals surface area contributed by atoms with E-state index in [9.17, 15) is 9.59 Å². The zero-order valence-corrected chi connectivity index (χ0v) is 13.1. The lowest BCUT2D eigenvalue weighted by molar-refractivity contribution is -0.158. The van der Waals surface area contributed by atoms with Crippen molar-refractivity contribution in [1.82, 2.24) is 4.90 Å². The Morgan fingerprint density at radius 3 is 2.78 bits per heavy atom. The Labute approximate surface area is 140 Å². The molecule has 23 heavy (non-hydrogen) atoms. The molecule has 0 aromatic heterocycles. The van der Waals surface area contributed by atoms with Gasteiger partial charge >= 0.3 is 11.9 Å². The Hall–Kier alpha value is -1.88. The highest BCUT2D eigenvalue weighted by molar-refractivity contribution is 5.89. The quantitative estimate of drug-likeness (QED) is 0.797. The molecule has 0 aliphatic carbocycles. The van der Waals surface area contributed by atoms with Crippen molar-refractivity contribution in [2.75, 3.05) is 13.6 Å². The number of carbonyl (C=O) groups is 2. The predicted octanol–water partition coefficient (Wildman–Crippen LogP) is 2.26. The molecule has 5 heteroatoms. The second-order valence-electron chi connectivity index (χ2n) is 6.03. The average Bonchev–Trinajstić information content (AvgIpc) is 2.91. The molecule has 0 amide bonds. The van der Waals surface area contributed by atoms with Crippen LogP contribution in [0.3, 0.4) is 0 Å². The second kappa shape index (κ2) is 6.71. The third kappa shape index (κ3) is 3.11. The van der Waals surface area contributed by atoms with E-state index < -0.39 is 37.0 Å². The van der Waals surface area contributed by atoms with Crippen molar-refractivity contribution in [3.8, 4) is 0 Å². The van der Waals surface area contributed by atoms with Crippen LogP contribution in [0, 0.1) is 5.92 Å². The van der Waals surface area contributed by atoms with Gasteiger partial charge < -0.3 is 9.47 Å². The van der Waals surface area contributed by atoms with Gasteiger partial charge in [0, 0.05) is 22.6 Å². The van der Waals surface area contributed by atoms with Crippen molar-refractivity contribution in [2.45, 2.75) is 44.4 Å². The SMILES string of the molecule is [2H]C([2H])([2H])N1C2CCC1C(C(=O)OCC)C(OC(=O)c1ccccc1)C2. The molecule has 2 heterocycles. The van der Waals surface area contributed by atoms with Gasteiger partial charge in [0.25, 0.3) is 0 Å². The lowest BCUT2D eigenvalue weighted by Gasteiger charge is -2.40. The van der Waals surface area contributed by atoms with Gasteiger partial charge in [-0.3, -0.25) is 9.69 Å². The lowest BCUT2D eigenvalue weighted by Crippen LogP contribution is -2.53. The van der Waals surface area contributed by atoms with Crippen LogP contribution in [0.5, 0.6) is 0 Å². The van der Waals surface area contributed by atoms with E-state index in [0.29, 0.717) is 24.8 Å². The summed E-state index contributed by atoms with van der Waals surface area (Å²) < 4.78 is 34.2. The van der Waals surface area contributed by atoms with E-state index in [-0.39, 0.29) is 12.6 Å². The number of ether oxygens (including phenoxy) is 2. The number of benzene rings is 1. The standard InChI is InChI=1S/C18H23NO4/c1-3-22-18(21)16-14-10-9-13(19(14)2)11-15(16)23-17(20)12-7-5-4-6-8-12/h4-8,13-16H,3,9-11H2,1-2H3/i2D3. The summed E-state index contributed by atoms with van der Waals surface area (Å²) in [5.74, 6) is -1.80. The number of hydrogen-bond acceptors (Lipinski definition) is 5. The molecule has 0 spiro atoms. The fraction of sp³-hybridized carbons (Fsp3) is 0.556. The van der Waals surface area contributed by atoms with E-state index in [1.54, 1.807) is 37.3 Å². The van der Waals surface area contributed by atoms with Gasteiger partial charge in [-0.25, -0.2) is 4.79 Å². The van der Waals surface area contributed by atoms with Crippen LogP contribution in [0.15, 0.2) is 30.3 Å². The maximum absolute atomic E-state index is 12.6. The summed E-state index contributed by atoms with van der Waals surface area (Å²) in [5, 5.41) is 0. The van der Waals surface area contributed by atoms with Crippen molar-refractivity contribution < 1.29 is 23.2 Å². The van der Waals surface area contributed by atoms with Crippen molar-refractivity contribution in [1.29, 1.82) is 0 Å². The molecule has 3 rings (SSSR count). The first-order valence-corrected chi connectivity index (χ1v) is 8.04. The topological polar surface area (TPSA) is 55.8 Å². The van der Waals surface area contributed by atoms with E-state index in [4.69, 9.17) is 13.6 Å². The number of rotatable bonds is 4. The van der Waals surface area contributed by atoms with Gasteiger partial charge in [0.1, 0.15) is 12.0 Å². The number of fused-ring (bicyclic) bond motifs is 2. The average molecular weight is 320 g/mol. The second-order valence-corrected chi connectivity index (χ2v) is 6.03. The van der Waals surface area contributed by atoms with Crippen LogP contribution in [0.25, 0.3) is 0 Å². The molecule has 1 aromatic carbocycles. The minimum Gasteiger partial charge on any atom is -0.466 e. The molecule has 1 aromatic rings. The van der Waals surface area contributed by atoms with E-state index in [1.807, 2.05) is 0 Å². The molecule has 2 aliphatic rings. The Morgan fingerprint density at radius 1 is 1.30 bits per heavy atom. The van der Waals surface area contributed by atoms with Crippen LogP contribution in [-0.4, -0.2) is 48.6 Å². The van der Waals surface area contributed by atoms with E-state index in [1.165, 1.54) is 4.90 Å². The van der Waals surface area contributed by atoms with Gasteiger partial charge in [0.05, 0.1) is 12.2 Å². The number of carbonyl (C=O) groups excluding carboxylic acids is 2. The molecule has 5 nitrogen and oxygen atoms in total. The Kier molecular flexibility index (Phi) is 3.65. The molecule has 4 unspecified atom stereocenters. The zero-order valence-electron chi connectivity index (χ0n) is 16.1. The number of esters is 2. The zero-order chi connectivity index (χ0) is 18.9. The van der Waals surface area contributed by atoms with E-state index >= 15 is 0 Å². The number of piperidine rings is 1. The Bertz CT molecular complexity index is 664. The summed E-state index contributed by atoms with van der Waals surface area (Å²) in [5.41, 5.74) is 0.403. The number of hydrogen-bond donors (Lipinski definition) is 0. The van der Waals surface area contributed by atoms with Crippen molar-refractivity contribution in [3.05, 3.63) is 35.9 Å². The predicted molar refractivity (Wildman–Crippen MR) is 85.0 cm³/mol. The van der Waals surface area contributed by atoms with Gasteiger partial charge in [-0.1, -0.05) is 18.2 Å². The molecular formula is C18H23NO4. The van der Waals surface area contributed by atoms with Gasteiger partial charge in [-0.15, -0.1) is 0 Å². The molecular weight excluding hydrogens is 294 g/mol. The minimum atomic E-state index is -2.29. The first-order chi connectivity index (χ1) is 12.3. The summed E-state index contributed by atoms with van der Waals surface area (Å²) in [6, 6.07) is 7.83. The lowest BCUT2D eigenvalue weighted by atomic mass is 9.87. The minimum absolute atomic E-state index is 0.193. The first-order valence-electron chi connectivity index (χ1n) is 9.54. The summed E-state index contributed by atoms with van der Waals surface area (Å²) in [7, 11) is 0. The largest absolute Gasteiger partial charge is 0.466 e. The molecule has 0 radical (unpaired) electrons. The fourth-order valence-corrected chi connectivity index (χ4v) is 3.61. The molecule has 2 saturated heterocycles. The van der Waals surface area contributed by atoms with Crippen molar-refractivity contribution in [2.24, 2.45) is 5.92 Å². The maximum Gasteiger partial charge on any atom is 0.338 e. The number of nitrogens with zero attached hydrogens (tertiary/aromatic N) is 1. The molecule has 2 fully saturated rings. The molecule has 0 saturated carbocycles. The van der Waals surface area contributed by atoms with E-state index in [0.717, 1.165) is 0 Å². The molecule has 2 bridgehead atoms. The summed E-state index contributed by atoms with van der Waals surface area (Å²) in [6.45, 7) is -0.395. The summed E-state index contributed by atoms with van der Waals surface area (Å²) in [4.78, 5) is 26.4. The third-order valence-electron chi connectivity index (χ3n) is 4.69. The van der Waals surface area contributed by atoms with Gasteiger partial charge in [0.2, 0.25) is 0 Å². The first kappa shape index (κ1) is 12.5. The highest BCUT2D eigenvalue weighted by Crippen LogP contribution is 2.40. The van der Waals surface area contributed by atoms with Gasteiger partial charge in [0.15, 0.2) is 0 Å². The smallest absolute Gasteiger partial charge is 0.338 e. The van der Waals surface area contributed by atoms with Crippen molar-refractivity contribution >= 4 is 11.9 Å². The maximum atomic E-state index is 12.6. The van der Waals surface area contributed by atoms with Crippen molar-refractivity contribution in [3.63, 3.8) is 0 Å². The molecule has 2 aliphatic heterocycles. The fourth-order valence-electron chi connectivity index (χ4n) is 3.61. The van der Waals surface area contributed by atoms with Crippen LogP contribution >= 0.6 is 0 Å². The monoisotopic (exact) mass is 320 g/mol. The molecule has 124 valence electrons. The Morgan fingerprint density at radius 2 is 2.09 bits per heavy atom. The van der Waals surface area contributed by atoms with E-state index in [2.05, 4.69) is 0 Å². The van der Waals surface area contributed by atoms with Gasteiger partial charge in [-0.05, 0) is 38.9 Å². The van der Waals surface area contributed by atoms with Crippen LogP contribution in [0.2, 0.25) is 0 Å². The van der Waals surface area contributed by atoms with Crippen LogP contribution in [0.1, 0.15) is 40.7 Å². The highest BCUT2D eigenvalue weighted by Gasteiger charge is 2.51. The Balaban J connectivity index is 1.85. The summed E-state index contributed by atoms with van der Waals surface area (Å²) >= 11 is 0. The van der Waals surface area contributed by atoms with Crippen LogP contribution in [0.4, 0.5) is 0 Å². The van der Waals surface area contributed by atoms with Crippen LogP contribution in [-0.2, 0) is 14.3 Å². The highest BCUT2D eigenvalue weighted by atomic mass is 16.6. The van der Waals surface area contributed by atoms with Gasteiger partial charge in [-0.2, -0.15) is 0 Å². The third-order valence-corrected chi connectivity index (χ3v) is 4.69. The summed E-state index contributed by atoms with van der Waals surface area (Å²) in [6.07, 6.45) is 0.874.